The first-order chi connectivity index (χ1) is 13.5. The number of hydrogen-bond donors (Lipinski definition) is 1. The Hall–Kier alpha value is -3.19. The number of pyridine rings is 1. The number of aromatic nitrogens is 3. The third kappa shape index (κ3) is 4.20. The third-order valence-corrected chi connectivity index (χ3v) is 4.59. The number of imide groups is 1. The molecule has 0 bridgehead atoms. The lowest BCUT2D eigenvalue weighted by atomic mass is 9.98. The predicted molar refractivity (Wildman–Crippen MR) is 105 cm³/mol. The van der Waals surface area contributed by atoms with Crippen LogP contribution in [0.15, 0.2) is 55.0 Å². The first kappa shape index (κ1) is 19.6. The molecule has 0 aliphatic rings. The van der Waals surface area contributed by atoms with Crippen LogP contribution >= 0.6 is 11.6 Å². The molecule has 8 heteroatoms. The molecule has 1 aromatic carbocycles. The summed E-state index contributed by atoms with van der Waals surface area (Å²) >= 11 is 6.27. The Morgan fingerprint density at radius 1 is 1.25 bits per heavy atom. The number of methoxy groups -OCH3 is 1. The summed E-state index contributed by atoms with van der Waals surface area (Å²) < 4.78 is 6.63. The fraction of sp³-hybridized carbons (Fsp3) is 0.200. The molecular weight excluding hydrogens is 380 g/mol. The number of nitrogens with one attached hydrogen (secondary N) is 1. The molecule has 7 nitrogen and oxygen atoms in total. The number of carbonyl (C=O) groups excluding carboxylic acids is 2. The van der Waals surface area contributed by atoms with Gasteiger partial charge in [0.1, 0.15) is 5.75 Å². The average Bonchev–Trinajstić information content (AvgIpc) is 3.10. The van der Waals surface area contributed by atoms with Crippen molar-refractivity contribution in [3.8, 4) is 11.4 Å². The molecular formula is C20H19ClN4O3. The minimum absolute atomic E-state index is 0.211. The SMILES string of the molecule is CCC(C(=O)NC(=O)c1ccc(OC)cc1)c1cn(-c2cccnc2)nc1Cl. The number of nitrogens with zero attached hydrogens (tertiary/aromatic N) is 3. The Labute approximate surface area is 167 Å². The molecule has 28 heavy (non-hydrogen) atoms. The monoisotopic (exact) mass is 398 g/mol. The van der Waals surface area contributed by atoms with E-state index in [1.165, 1.54) is 0 Å². The Balaban J connectivity index is 1.78. The van der Waals surface area contributed by atoms with Gasteiger partial charge in [0.2, 0.25) is 5.91 Å². The van der Waals surface area contributed by atoms with Crippen LogP contribution in [0.5, 0.6) is 5.75 Å². The molecule has 2 aromatic heterocycles. The van der Waals surface area contributed by atoms with E-state index in [1.807, 2.05) is 13.0 Å². The van der Waals surface area contributed by atoms with Gasteiger partial charge < -0.3 is 4.74 Å². The molecule has 3 rings (SSSR count). The lowest BCUT2D eigenvalue weighted by Crippen LogP contribution is -2.34. The van der Waals surface area contributed by atoms with Crippen molar-refractivity contribution in [1.82, 2.24) is 20.1 Å². The van der Waals surface area contributed by atoms with Crippen LogP contribution in [0.3, 0.4) is 0 Å². The topological polar surface area (TPSA) is 86.1 Å². The van der Waals surface area contributed by atoms with Crippen molar-refractivity contribution in [2.75, 3.05) is 7.11 Å². The van der Waals surface area contributed by atoms with Crippen molar-refractivity contribution in [2.24, 2.45) is 0 Å². The summed E-state index contributed by atoms with van der Waals surface area (Å²) in [6.45, 7) is 1.85. The minimum atomic E-state index is -0.611. The van der Waals surface area contributed by atoms with Crippen molar-refractivity contribution in [1.29, 1.82) is 0 Å². The lowest BCUT2D eigenvalue weighted by molar-refractivity contribution is -0.121. The van der Waals surface area contributed by atoms with E-state index < -0.39 is 17.7 Å². The van der Waals surface area contributed by atoms with Gasteiger partial charge >= 0.3 is 0 Å². The van der Waals surface area contributed by atoms with Gasteiger partial charge in [0.05, 0.1) is 24.9 Å². The Morgan fingerprint density at radius 3 is 2.61 bits per heavy atom. The maximum Gasteiger partial charge on any atom is 0.257 e. The number of carbonyl (C=O) groups is 2. The van der Waals surface area contributed by atoms with E-state index in [4.69, 9.17) is 16.3 Å². The van der Waals surface area contributed by atoms with Gasteiger partial charge in [0.25, 0.3) is 5.91 Å². The van der Waals surface area contributed by atoms with E-state index in [-0.39, 0.29) is 5.15 Å². The number of hydrogen-bond acceptors (Lipinski definition) is 5. The summed E-state index contributed by atoms with van der Waals surface area (Å²) in [5.41, 5.74) is 1.63. The molecule has 0 aliphatic heterocycles. The lowest BCUT2D eigenvalue weighted by Gasteiger charge is -2.13. The zero-order valence-corrected chi connectivity index (χ0v) is 16.2. The van der Waals surface area contributed by atoms with Gasteiger partial charge in [-0.2, -0.15) is 5.10 Å². The smallest absolute Gasteiger partial charge is 0.257 e. The van der Waals surface area contributed by atoms with Crippen LogP contribution in [-0.2, 0) is 4.79 Å². The molecule has 2 amide bonds. The number of benzene rings is 1. The second-order valence-corrected chi connectivity index (χ2v) is 6.40. The average molecular weight is 399 g/mol. The second-order valence-electron chi connectivity index (χ2n) is 6.04. The van der Waals surface area contributed by atoms with E-state index in [1.54, 1.807) is 60.7 Å². The first-order valence-electron chi connectivity index (χ1n) is 8.68. The van der Waals surface area contributed by atoms with Gasteiger partial charge in [-0.1, -0.05) is 18.5 Å². The van der Waals surface area contributed by atoms with E-state index in [0.717, 1.165) is 5.69 Å². The van der Waals surface area contributed by atoms with Gasteiger partial charge in [-0.15, -0.1) is 0 Å². The van der Waals surface area contributed by atoms with Crippen molar-refractivity contribution in [3.05, 3.63) is 71.3 Å². The number of ether oxygens (including phenoxy) is 1. The van der Waals surface area contributed by atoms with Crippen LogP contribution in [0.1, 0.15) is 35.2 Å². The minimum Gasteiger partial charge on any atom is -0.497 e. The Kier molecular flexibility index (Phi) is 6.06. The summed E-state index contributed by atoms with van der Waals surface area (Å²) in [7, 11) is 1.54. The third-order valence-electron chi connectivity index (χ3n) is 4.29. The van der Waals surface area contributed by atoms with Crippen LogP contribution in [0.2, 0.25) is 5.15 Å². The quantitative estimate of drug-likeness (QED) is 0.687. The molecule has 0 saturated heterocycles. The zero-order chi connectivity index (χ0) is 20.1. The van der Waals surface area contributed by atoms with E-state index in [9.17, 15) is 9.59 Å². The van der Waals surface area contributed by atoms with Crippen molar-refractivity contribution < 1.29 is 14.3 Å². The highest BCUT2D eigenvalue weighted by molar-refractivity contribution is 6.30. The summed E-state index contributed by atoms with van der Waals surface area (Å²) in [5, 5.41) is 6.90. The largest absolute Gasteiger partial charge is 0.497 e. The van der Waals surface area contributed by atoms with Crippen LogP contribution in [0.25, 0.3) is 5.69 Å². The standard InChI is InChI=1S/C20H19ClN4O3/c1-3-16(17-12-25(24-18(17)21)14-5-4-10-22-11-14)20(27)23-19(26)13-6-8-15(28-2)9-7-13/h4-12,16H,3H2,1-2H3,(H,23,26,27). The highest BCUT2D eigenvalue weighted by Crippen LogP contribution is 2.27. The van der Waals surface area contributed by atoms with Crippen LogP contribution in [0.4, 0.5) is 0 Å². The summed E-state index contributed by atoms with van der Waals surface area (Å²) in [4.78, 5) is 29.1. The number of halogens is 1. The molecule has 144 valence electrons. The molecule has 0 spiro atoms. The summed E-state index contributed by atoms with van der Waals surface area (Å²) in [5.74, 6) is -0.901. The fourth-order valence-electron chi connectivity index (χ4n) is 2.78. The van der Waals surface area contributed by atoms with Crippen molar-refractivity contribution in [3.63, 3.8) is 0 Å². The maximum atomic E-state index is 12.7. The van der Waals surface area contributed by atoms with Gasteiger partial charge in [-0.05, 0) is 42.8 Å². The van der Waals surface area contributed by atoms with Gasteiger partial charge in [0.15, 0.2) is 5.15 Å². The normalized spacial score (nSPS) is 11.7. The number of rotatable bonds is 6. The summed E-state index contributed by atoms with van der Waals surface area (Å²) in [6, 6.07) is 10.1. The van der Waals surface area contributed by atoms with Crippen molar-refractivity contribution in [2.45, 2.75) is 19.3 Å². The van der Waals surface area contributed by atoms with Gasteiger partial charge in [-0.25, -0.2) is 4.68 Å². The molecule has 1 atom stereocenters. The fourth-order valence-corrected chi connectivity index (χ4v) is 3.04. The van der Waals surface area contributed by atoms with Gasteiger partial charge in [0, 0.05) is 23.5 Å². The molecule has 1 N–H and O–H groups in total. The molecule has 0 radical (unpaired) electrons. The highest BCUT2D eigenvalue weighted by atomic mass is 35.5. The summed E-state index contributed by atoms with van der Waals surface area (Å²) in [6.07, 6.45) is 5.44. The number of amides is 2. The molecule has 1 unspecified atom stereocenters. The maximum absolute atomic E-state index is 12.7. The van der Waals surface area contributed by atoms with E-state index in [0.29, 0.717) is 23.3 Å². The Bertz CT molecular complexity index is 971. The predicted octanol–water partition coefficient (Wildman–Crippen LogP) is 3.38. The van der Waals surface area contributed by atoms with Crippen molar-refractivity contribution >= 4 is 23.4 Å². The van der Waals surface area contributed by atoms with E-state index in [2.05, 4.69) is 15.4 Å². The highest BCUT2D eigenvalue weighted by Gasteiger charge is 2.26. The van der Waals surface area contributed by atoms with E-state index >= 15 is 0 Å². The second kappa shape index (κ2) is 8.67. The van der Waals surface area contributed by atoms with Gasteiger partial charge in [-0.3, -0.25) is 19.9 Å². The molecule has 2 heterocycles. The first-order valence-corrected chi connectivity index (χ1v) is 9.06. The molecule has 0 aliphatic carbocycles. The Morgan fingerprint density at radius 2 is 2.00 bits per heavy atom. The molecule has 3 aromatic rings. The molecule has 0 saturated carbocycles. The molecule has 0 fully saturated rings. The van der Waals surface area contributed by atoms with Crippen LogP contribution < -0.4 is 10.1 Å². The zero-order valence-electron chi connectivity index (χ0n) is 15.4. The van der Waals surface area contributed by atoms with Crippen LogP contribution in [0, 0.1) is 0 Å². The van der Waals surface area contributed by atoms with Crippen LogP contribution in [-0.4, -0.2) is 33.7 Å².